The molecule has 0 aliphatic carbocycles. The van der Waals surface area contributed by atoms with Crippen LogP contribution in [-0.4, -0.2) is 50.9 Å². The zero-order chi connectivity index (χ0) is 24.0. The summed E-state index contributed by atoms with van der Waals surface area (Å²) < 4.78 is 2.05. The minimum absolute atomic E-state index is 0.0292. The minimum atomic E-state index is -0.0937. The first-order valence-corrected chi connectivity index (χ1v) is 11.6. The van der Waals surface area contributed by atoms with Crippen LogP contribution in [0.5, 0.6) is 0 Å². The monoisotopic (exact) mass is 448 g/mol. The molecule has 0 amide bonds. The van der Waals surface area contributed by atoms with Gasteiger partial charge in [-0.1, -0.05) is 55.0 Å². The first-order chi connectivity index (χ1) is 15.8. The van der Waals surface area contributed by atoms with Gasteiger partial charge in [-0.15, -0.1) is 0 Å². The van der Waals surface area contributed by atoms with Gasteiger partial charge in [0, 0.05) is 19.6 Å². The van der Waals surface area contributed by atoms with Crippen LogP contribution in [0.2, 0.25) is 0 Å². The predicted octanol–water partition coefficient (Wildman–Crippen LogP) is 5.08. The lowest BCUT2D eigenvalue weighted by Crippen LogP contribution is -2.26. The third kappa shape index (κ3) is 5.99. The van der Waals surface area contributed by atoms with E-state index >= 15 is 0 Å². The molecule has 1 aromatic carbocycles. The maximum atomic E-state index is 9.63. The van der Waals surface area contributed by atoms with E-state index in [-0.39, 0.29) is 18.7 Å². The molecular formula is C26H36N6O. The molecule has 7 heteroatoms. The number of imidazole rings is 1. The Bertz CT molecular complexity index is 1110. The van der Waals surface area contributed by atoms with Crippen LogP contribution in [0, 0.1) is 0 Å². The van der Waals surface area contributed by atoms with Crippen LogP contribution in [-0.2, 0) is 0 Å². The second-order valence-electron chi connectivity index (χ2n) is 8.81. The minimum Gasteiger partial charge on any atom is -0.394 e. The zero-order valence-electron chi connectivity index (χ0n) is 20.6. The van der Waals surface area contributed by atoms with Crippen molar-refractivity contribution >= 4 is 28.5 Å². The molecule has 0 radical (unpaired) electrons. The number of hydrogen-bond acceptors (Lipinski definition) is 6. The van der Waals surface area contributed by atoms with E-state index in [1.807, 2.05) is 30.9 Å². The van der Waals surface area contributed by atoms with Gasteiger partial charge in [0.2, 0.25) is 5.95 Å². The summed E-state index contributed by atoms with van der Waals surface area (Å²) in [6, 6.07) is 10.5. The van der Waals surface area contributed by atoms with E-state index in [2.05, 4.69) is 79.3 Å². The highest BCUT2D eigenvalue weighted by atomic mass is 16.3. The smallest absolute Gasteiger partial charge is 0.227 e. The Morgan fingerprint density at radius 1 is 1.15 bits per heavy atom. The topological polar surface area (TPSA) is 79.1 Å². The number of benzene rings is 1. The van der Waals surface area contributed by atoms with Gasteiger partial charge >= 0.3 is 0 Å². The number of aliphatic hydroxyl groups excluding tert-OH is 1. The summed E-state index contributed by atoms with van der Waals surface area (Å²) in [6.07, 6.45) is 6.91. The number of rotatable bonds is 10. The zero-order valence-corrected chi connectivity index (χ0v) is 20.6. The highest BCUT2D eigenvalue weighted by Gasteiger charge is 2.19. The first-order valence-electron chi connectivity index (χ1n) is 11.6. The van der Waals surface area contributed by atoms with Crippen molar-refractivity contribution in [3.63, 3.8) is 0 Å². The van der Waals surface area contributed by atoms with Crippen molar-refractivity contribution in [3.8, 4) is 0 Å². The number of fused-ring (bicyclic) bond motifs is 1. The van der Waals surface area contributed by atoms with Crippen LogP contribution < -0.4 is 10.2 Å². The van der Waals surface area contributed by atoms with Crippen LogP contribution in [0.3, 0.4) is 0 Å². The number of hydrogen-bond donors (Lipinski definition) is 2. The van der Waals surface area contributed by atoms with Crippen molar-refractivity contribution in [3.05, 3.63) is 59.9 Å². The van der Waals surface area contributed by atoms with Gasteiger partial charge in [0.25, 0.3) is 0 Å². The average molecular weight is 449 g/mol. The van der Waals surface area contributed by atoms with Crippen LogP contribution in [0.15, 0.2) is 54.4 Å². The number of nitrogens with zero attached hydrogens (tertiary/aromatic N) is 5. The molecule has 2 N–H and O–H groups in total. The molecule has 2 heterocycles. The molecule has 0 saturated carbocycles. The van der Waals surface area contributed by atoms with E-state index in [1.165, 1.54) is 16.7 Å². The third-order valence-corrected chi connectivity index (χ3v) is 5.70. The fraction of sp³-hybridized carbons (Fsp3) is 0.423. The quantitative estimate of drug-likeness (QED) is 0.421. The maximum Gasteiger partial charge on any atom is 0.227 e. The van der Waals surface area contributed by atoms with Crippen molar-refractivity contribution in [1.29, 1.82) is 0 Å². The molecule has 176 valence electrons. The number of anilines is 2. The Morgan fingerprint density at radius 2 is 1.88 bits per heavy atom. The lowest BCUT2D eigenvalue weighted by atomic mass is 10.1. The van der Waals surface area contributed by atoms with Crippen molar-refractivity contribution < 1.29 is 5.11 Å². The van der Waals surface area contributed by atoms with E-state index in [0.29, 0.717) is 12.5 Å². The van der Waals surface area contributed by atoms with Crippen LogP contribution in [0.4, 0.5) is 11.8 Å². The molecule has 0 bridgehead atoms. The number of likely N-dealkylation sites (N-methyl/N-ethyl adjacent to an activating group) is 1. The van der Waals surface area contributed by atoms with Gasteiger partial charge in [0.1, 0.15) is 0 Å². The van der Waals surface area contributed by atoms with Gasteiger partial charge in [-0.3, -0.25) is 0 Å². The van der Waals surface area contributed by atoms with E-state index in [9.17, 15) is 5.11 Å². The Hall–Kier alpha value is -3.19. The summed E-state index contributed by atoms with van der Waals surface area (Å²) in [6.45, 7) is 11.2. The Balaban J connectivity index is 1.90. The summed E-state index contributed by atoms with van der Waals surface area (Å²) in [5.41, 5.74) is 5.21. The summed E-state index contributed by atoms with van der Waals surface area (Å²) >= 11 is 0. The van der Waals surface area contributed by atoms with Gasteiger partial charge < -0.3 is 19.9 Å². The summed E-state index contributed by atoms with van der Waals surface area (Å²) in [7, 11) is 2.02. The first kappa shape index (κ1) is 24.5. The van der Waals surface area contributed by atoms with Crippen molar-refractivity contribution in [2.45, 2.75) is 53.1 Å². The standard InChI is InChI=1S/C26H36N6O/c1-7-22(16-33)28-26-29-24(23-25(30-26)32(17-27-23)18(2)3)31(6)15-19(4)13-14-20(5)21-11-9-8-10-12-21/h8-14,17-18,22,33H,7,15-16H2,1-6H3,(H,28,29,30)/b19-13+,20-14+. The summed E-state index contributed by atoms with van der Waals surface area (Å²) in [5.74, 6) is 1.28. The molecule has 7 nitrogen and oxygen atoms in total. The number of aromatic nitrogens is 4. The highest BCUT2D eigenvalue weighted by molar-refractivity contribution is 5.85. The molecular weight excluding hydrogens is 412 g/mol. The molecule has 0 aliphatic rings. The van der Waals surface area contributed by atoms with Crippen molar-refractivity contribution in [1.82, 2.24) is 19.5 Å². The Labute approximate surface area is 196 Å². The molecule has 1 unspecified atom stereocenters. The molecule has 3 aromatic rings. The SMILES string of the molecule is CCC(CO)Nc1nc(N(C)C/C(C)=C/C=C(\C)c2ccccc2)c2ncn(C(C)C)c2n1. The van der Waals surface area contributed by atoms with Crippen LogP contribution in [0.1, 0.15) is 52.6 Å². The summed E-state index contributed by atoms with van der Waals surface area (Å²) in [4.78, 5) is 16.2. The number of allylic oxidation sites excluding steroid dienone is 3. The highest BCUT2D eigenvalue weighted by Crippen LogP contribution is 2.26. The number of nitrogens with one attached hydrogen (secondary N) is 1. The maximum absolute atomic E-state index is 9.63. The largest absolute Gasteiger partial charge is 0.394 e. The average Bonchev–Trinajstić information content (AvgIpc) is 3.25. The fourth-order valence-corrected chi connectivity index (χ4v) is 3.64. The molecule has 0 aliphatic heterocycles. The lowest BCUT2D eigenvalue weighted by Gasteiger charge is -2.21. The molecule has 2 aromatic heterocycles. The van der Waals surface area contributed by atoms with Crippen molar-refractivity contribution in [2.24, 2.45) is 0 Å². The van der Waals surface area contributed by atoms with E-state index < -0.39 is 0 Å². The molecule has 0 saturated heterocycles. The Morgan fingerprint density at radius 3 is 2.52 bits per heavy atom. The third-order valence-electron chi connectivity index (χ3n) is 5.70. The fourth-order valence-electron chi connectivity index (χ4n) is 3.64. The van der Waals surface area contributed by atoms with E-state index in [1.54, 1.807) is 0 Å². The van der Waals surface area contributed by atoms with Gasteiger partial charge in [-0.05, 0) is 45.3 Å². The van der Waals surface area contributed by atoms with Gasteiger partial charge in [-0.2, -0.15) is 9.97 Å². The van der Waals surface area contributed by atoms with E-state index in [4.69, 9.17) is 9.97 Å². The molecule has 1 atom stereocenters. The molecule has 33 heavy (non-hydrogen) atoms. The second-order valence-corrected chi connectivity index (χ2v) is 8.81. The van der Waals surface area contributed by atoms with Crippen LogP contribution in [0.25, 0.3) is 16.7 Å². The van der Waals surface area contributed by atoms with Gasteiger partial charge in [0.05, 0.1) is 19.0 Å². The van der Waals surface area contributed by atoms with E-state index in [0.717, 1.165) is 23.4 Å². The van der Waals surface area contributed by atoms with Gasteiger partial charge in [0.15, 0.2) is 17.0 Å². The molecule has 0 fully saturated rings. The summed E-state index contributed by atoms with van der Waals surface area (Å²) in [5, 5.41) is 12.9. The second kappa shape index (κ2) is 11.1. The number of aliphatic hydroxyl groups is 1. The molecule has 0 spiro atoms. The molecule has 3 rings (SSSR count). The Kier molecular flexibility index (Phi) is 8.22. The predicted molar refractivity (Wildman–Crippen MR) is 138 cm³/mol. The normalized spacial score (nSPS) is 13.6. The lowest BCUT2D eigenvalue weighted by molar-refractivity contribution is 0.271. The van der Waals surface area contributed by atoms with Crippen LogP contribution >= 0.6 is 0 Å². The van der Waals surface area contributed by atoms with Gasteiger partial charge in [-0.25, -0.2) is 4.98 Å². The van der Waals surface area contributed by atoms with Crippen molar-refractivity contribution in [2.75, 3.05) is 30.4 Å².